The van der Waals surface area contributed by atoms with Crippen LogP contribution in [-0.4, -0.2) is 49.7 Å². The summed E-state index contributed by atoms with van der Waals surface area (Å²) < 4.78 is 10.3. The molecule has 0 N–H and O–H groups in total. The van der Waals surface area contributed by atoms with Gasteiger partial charge in [0.1, 0.15) is 6.54 Å². The number of hydrogen-bond donors (Lipinski definition) is 0. The molecule has 1 heterocycles. The number of carbonyl (C=O) groups is 2. The molecule has 0 aromatic rings. The molecule has 1 saturated heterocycles. The molecule has 0 aliphatic carbocycles. The van der Waals surface area contributed by atoms with Crippen LogP contribution in [-0.2, 0) is 19.1 Å². The Labute approximate surface area is 115 Å². The first-order valence-electron chi connectivity index (χ1n) is 7.12. The van der Waals surface area contributed by atoms with Crippen LogP contribution in [0.5, 0.6) is 0 Å². The molecule has 19 heavy (non-hydrogen) atoms. The second-order valence-corrected chi connectivity index (χ2v) is 5.01. The van der Waals surface area contributed by atoms with E-state index in [4.69, 9.17) is 9.47 Å². The van der Waals surface area contributed by atoms with Gasteiger partial charge in [0, 0.05) is 25.7 Å². The molecule has 1 amide bonds. The van der Waals surface area contributed by atoms with Gasteiger partial charge >= 0.3 is 5.97 Å². The highest BCUT2D eigenvalue weighted by Crippen LogP contribution is 2.23. The lowest BCUT2D eigenvalue weighted by Crippen LogP contribution is -2.44. The molecule has 0 saturated carbocycles. The van der Waals surface area contributed by atoms with E-state index < -0.39 is 0 Å². The summed E-state index contributed by atoms with van der Waals surface area (Å²) in [7, 11) is 0. The van der Waals surface area contributed by atoms with E-state index in [1.165, 1.54) is 0 Å². The lowest BCUT2D eigenvalue weighted by Gasteiger charge is -2.32. The first kappa shape index (κ1) is 16.0. The Hall–Kier alpha value is -1.10. The largest absolute Gasteiger partial charge is 0.465 e. The molecule has 0 radical (unpaired) electrons. The molecule has 0 spiro atoms. The van der Waals surface area contributed by atoms with Crippen LogP contribution in [0.4, 0.5) is 0 Å². The van der Waals surface area contributed by atoms with E-state index in [0.29, 0.717) is 26.4 Å². The fourth-order valence-corrected chi connectivity index (χ4v) is 2.38. The van der Waals surface area contributed by atoms with E-state index >= 15 is 0 Å². The van der Waals surface area contributed by atoms with Crippen molar-refractivity contribution < 1.29 is 19.1 Å². The Morgan fingerprint density at radius 1 is 1.37 bits per heavy atom. The van der Waals surface area contributed by atoms with Gasteiger partial charge in [-0.2, -0.15) is 0 Å². The number of hydrogen-bond acceptors (Lipinski definition) is 4. The molecule has 2 atom stereocenters. The molecule has 1 rings (SSSR count). The first-order chi connectivity index (χ1) is 9.10. The van der Waals surface area contributed by atoms with Crippen molar-refractivity contribution in [2.75, 3.05) is 32.9 Å². The number of nitrogens with zero attached hydrogens (tertiary/aromatic N) is 1. The minimum absolute atomic E-state index is 0.0327. The lowest BCUT2D eigenvalue weighted by molar-refractivity contribution is -0.152. The molecule has 1 fully saturated rings. The SMILES string of the molecule is CCCN(CC(=O)OCC)C(=O)C1CCOCC1C. The number of rotatable bonds is 6. The third-order valence-electron chi connectivity index (χ3n) is 3.39. The van der Waals surface area contributed by atoms with E-state index in [9.17, 15) is 9.59 Å². The normalized spacial score (nSPS) is 22.9. The molecule has 5 nitrogen and oxygen atoms in total. The summed E-state index contributed by atoms with van der Waals surface area (Å²) in [6, 6.07) is 0. The van der Waals surface area contributed by atoms with E-state index in [2.05, 4.69) is 0 Å². The smallest absolute Gasteiger partial charge is 0.325 e. The zero-order chi connectivity index (χ0) is 14.3. The number of ether oxygens (including phenoxy) is 2. The average molecular weight is 271 g/mol. The fourth-order valence-electron chi connectivity index (χ4n) is 2.38. The van der Waals surface area contributed by atoms with Crippen LogP contribution in [0.2, 0.25) is 0 Å². The second-order valence-electron chi connectivity index (χ2n) is 5.01. The molecule has 0 bridgehead atoms. The summed E-state index contributed by atoms with van der Waals surface area (Å²) >= 11 is 0. The van der Waals surface area contributed by atoms with Gasteiger partial charge in [-0.15, -0.1) is 0 Å². The number of amides is 1. The Morgan fingerprint density at radius 3 is 2.68 bits per heavy atom. The molecule has 2 unspecified atom stereocenters. The van der Waals surface area contributed by atoms with E-state index in [1.807, 2.05) is 13.8 Å². The van der Waals surface area contributed by atoms with Gasteiger partial charge in [0.25, 0.3) is 0 Å². The minimum Gasteiger partial charge on any atom is -0.465 e. The Morgan fingerprint density at radius 2 is 2.11 bits per heavy atom. The fraction of sp³-hybridized carbons (Fsp3) is 0.857. The standard InChI is InChI=1S/C14H25NO4/c1-4-7-15(9-13(16)19-5-2)14(17)12-6-8-18-10-11(12)3/h11-12H,4-10H2,1-3H3. The van der Waals surface area contributed by atoms with Crippen LogP contribution in [0, 0.1) is 11.8 Å². The first-order valence-corrected chi connectivity index (χ1v) is 7.12. The molecule has 0 aromatic carbocycles. The van der Waals surface area contributed by atoms with Crippen molar-refractivity contribution in [2.24, 2.45) is 11.8 Å². The van der Waals surface area contributed by atoms with Gasteiger partial charge in [-0.1, -0.05) is 13.8 Å². The summed E-state index contributed by atoms with van der Waals surface area (Å²) in [5.74, 6) is -0.0905. The second kappa shape index (κ2) is 8.15. The van der Waals surface area contributed by atoms with Gasteiger partial charge in [-0.05, 0) is 25.7 Å². The van der Waals surface area contributed by atoms with Gasteiger partial charge < -0.3 is 14.4 Å². The summed E-state index contributed by atoms with van der Waals surface area (Å²) in [6.07, 6.45) is 1.58. The maximum absolute atomic E-state index is 12.5. The van der Waals surface area contributed by atoms with Crippen LogP contribution in [0.15, 0.2) is 0 Å². The van der Waals surface area contributed by atoms with Crippen LogP contribution < -0.4 is 0 Å². The quantitative estimate of drug-likeness (QED) is 0.686. The molecule has 0 aromatic heterocycles. The van der Waals surface area contributed by atoms with Crippen molar-refractivity contribution in [3.63, 3.8) is 0 Å². The molecular formula is C14H25NO4. The highest BCUT2D eigenvalue weighted by molar-refractivity contribution is 5.84. The van der Waals surface area contributed by atoms with E-state index in [-0.39, 0.29) is 30.3 Å². The summed E-state index contributed by atoms with van der Waals surface area (Å²) in [4.78, 5) is 25.7. The molecule has 1 aliphatic rings. The third kappa shape index (κ3) is 4.82. The highest BCUT2D eigenvalue weighted by Gasteiger charge is 2.32. The van der Waals surface area contributed by atoms with Gasteiger partial charge in [0.15, 0.2) is 0 Å². The predicted octanol–water partition coefficient (Wildman–Crippen LogP) is 1.46. The predicted molar refractivity (Wildman–Crippen MR) is 71.6 cm³/mol. The molecule has 5 heteroatoms. The Bertz CT molecular complexity index is 306. The van der Waals surface area contributed by atoms with Crippen LogP contribution >= 0.6 is 0 Å². The maximum atomic E-state index is 12.5. The van der Waals surface area contributed by atoms with Gasteiger partial charge in [0.2, 0.25) is 5.91 Å². The number of esters is 1. The highest BCUT2D eigenvalue weighted by atomic mass is 16.5. The molecular weight excluding hydrogens is 246 g/mol. The van der Waals surface area contributed by atoms with E-state index in [0.717, 1.165) is 12.8 Å². The van der Waals surface area contributed by atoms with Crippen molar-refractivity contribution >= 4 is 11.9 Å². The molecule has 1 aliphatic heterocycles. The summed E-state index contributed by atoms with van der Waals surface area (Å²) in [5, 5.41) is 0. The Kier molecular flexibility index (Phi) is 6.84. The maximum Gasteiger partial charge on any atom is 0.325 e. The van der Waals surface area contributed by atoms with Crippen molar-refractivity contribution in [1.29, 1.82) is 0 Å². The summed E-state index contributed by atoms with van der Waals surface area (Å²) in [6.45, 7) is 8.04. The van der Waals surface area contributed by atoms with Crippen molar-refractivity contribution in [3.05, 3.63) is 0 Å². The number of carbonyl (C=O) groups excluding carboxylic acids is 2. The summed E-state index contributed by atoms with van der Waals surface area (Å²) in [5.41, 5.74) is 0. The lowest BCUT2D eigenvalue weighted by atomic mass is 9.88. The van der Waals surface area contributed by atoms with Crippen molar-refractivity contribution in [1.82, 2.24) is 4.90 Å². The van der Waals surface area contributed by atoms with Gasteiger partial charge in [-0.25, -0.2) is 0 Å². The van der Waals surface area contributed by atoms with Crippen LogP contribution in [0.25, 0.3) is 0 Å². The van der Waals surface area contributed by atoms with Crippen molar-refractivity contribution in [3.8, 4) is 0 Å². The van der Waals surface area contributed by atoms with Crippen molar-refractivity contribution in [2.45, 2.75) is 33.6 Å². The van der Waals surface area contributed by atoms with Gasteiger partial charge in [-0.3, -0.25) is 9.59 Å². The van der Waals surface area contributed by atoms with Crippen LogP contribution in [0.1, 0.15) is 33.6 Å². The molecule has 110 valence electrons. The topological polar surface area (TPSA) is 55.8 Å². The zero-order valence-electron chi connectivity index (χ0n) is 12.2. The average Bonchev–Trinajstić information content (AvgIpc) is 2.38. The van der Waals surface area contributed by atoms with Gasteiger partial charge in [0.05, 0.1) is 6.61 Å². The monoisotopic (exact) mass is 271 g/mol. The van der Waals surface area contributed by atoms with E-state index in [1.54, 1.807) is 11.8 Å². The third-order valence-corrected chi connectivity index (χ3v) is 3.39. The van der Waals surface area contributed by atoms with Crippen LogP contribution in [0.3, 0.4) is 0 Å². The zero-order valence-corrected chi connectivity index (χ0v) is 12.2. The Balaban J connectivity index is 2.63. The minimum atomic E-state index is -0.330.